The summed E-state index contributed by atoms with van der Waals surface area (Å²) in [4.78, 5) is 8.25. The van der Waals surface area contributed by atoms with Gasteiger partial charge in [-0.3, -0.25) is 14.6 Å². The van der Waals surface area contributed by atoms with Crippen molar-refractivity contribution in [1.82, 2.24) is 14.8 Å². The van der Waals surface area contributed by atoms with Crippen molar-refractivity contribution in [3.63, 3.8) is 0 Å². The lowest BCUT2D eigenvalue weighted by Gasteiger charge is -2.09. The fourth-order valence-electron chi connectivity index (χ4n) is 2.41. The van der Waals surface area contributed by atoms with Gasteiger partial charge >= 0.3 is 0 Å². The van der Waals surface area contributed by atoms with Crippen LogP contribution in [0.3, 0.4) is 0 Å². The molecule has 0 aliphatic carbocycles. The summed E-state index contributed by atoms with van der Waals surface area (Å²) in [5.74, 6) is 1.47. The normalized spacial score (nSPS) is 12.0. The Balaban J connectivity index is 1.94. The summed E-state index contributed by atoms with van der Waals surface area (Å²) in [6, 6.07) is 10.4. The summed E-state index contributed by atoms with van der Waals surface area (Å²) in [5.41, 5.74) is 1.14. The molecule has 0 saturated heterocycles. The van der Waals surface area contributed by atoms with E-state index in [2.05, 4.69) is 26.8 Å². The zero-order valence-corrected chi connectivity index (χ0v) is 15.6. The van der Waals surface area contributed by atoms with Crippen molar-refractivity contribution in [2.75, 3.05) is 7.05 Å². The molecule has 0 aliphatic heterocycles. The molecule has 6 nitrogen and oxygen atoms in total. The van der Waals surface area contributed by atoms with Gasteiger partial charge in [-0.15, -0.1) is 10.2 Å². The molecule has 1 aromatic carbocycles. The number of furan rings is 1. The number of benzene rings is 1. The van der Waals surface area contributed by atoms with Crippen molar-refractivity contribution in [1.29, 1.82) is 0 Å². The van der Waals surface area contributed by atoms with Crippen LogP contribution in [0.1, 0.15) is 17.1 Å². The largest absolute Gasteiger partial charge is 0.467 e. The van der Waals surface area contributed by atoms with E-state index in [1.165, 1.54) is 24.0 Å². The van der Waals surface area contributed by atoms with Gasteiger partial charge in [-0.05, 0) is 23.8 Å². The molecule has 0 radical (unpaired) electrons. The van der Waals surface area contributed by atoms with Crippen molar-refractivity contribution in [3.8, 4) is 0 Å². The Hall–Kier alpha value is -3.00. The molecular weight excluding hydrogens is 365 g/mol. The summed E-state index contributed by atoms with van der Waals surface area (Å²) in [6.07, 6.45) is 4.63. The molecule has 2 heterocycles. The van der Waals surface area contributed by atoms with Crippen LogP contribution in [0.2, 0.25) is 0 Å². The maximum atomic E-state index is 13.9. The molecule has 0 fully saturated rings. The van der Waals surface area contributed by atoms with Crippen LogP contribution in [-0.2, 0) is 12.3 Å². The highest BCUT2D eigenvalue weighted by atomic mass is 32.2. The smallest absolute Gasteiger partial charge is 0.192 e. The molecule has 3 aromatic rings. The Morgan fingerprint density at radius 3 is 2.85 bits per heavy atom. The van der Waals surface area contributed by atoms with Gasteiger partial charge in [-0.25, -0.2) is 4.39 Å². The second-order valence-electron chi connectivity index (χ2n) is 5.44. The van der Waals surface area contributed by atoms with E-state index in [-0.39, 0.29) is 5.82 Å². The number of hydrogen-bond acceptors (Lipinski definition) is 6. The minimum Gasteiger partial charge on any atom is -0.467 e. The van der Waals surface area contributed by atoms with Crippen molar-refractivity contribution in [2.45, 2.75) is 17.5 Å². The number of aromatic nitrogens is 3. The van der Waals surface area contributed by atoms with Crippen LogP contribution in [0.25, 0.3) is 0 Å². The van der Waals surface area contributed by atoms with E-state index in [9.17, 15) is 4.39 Å². The van der Waals surface area contributed by atoms with Gasteiger partial charge < -0.3 is 4.42 Å². The summed E-state index contributed by atoms with van der Waals surface area (Å²) < 4.78 is 21.2. The Morgan fingerprint density at radius 1 is 1.30 bits per heavy atom. The summed E-state index contributed by atoms with van der Waals surface area (Å²) in [7, 11) is 1.65. The van der Waals surface area contributed by atoms with E-state index in [4.69, 9.17) is 4.42 Å². The van der Waals surface area contributed by atoms with E-state index >= 15 is 0 Å². The number of rotatable bonds is 8. The predicted molar refractivity (Wildman–Crippen MR) is 105 cm³/mol. The van der Waals surface area contributed by atoms with Gasteiger partial charge in [0.05, 0.1) is 19.0 Å². The molecule has 0 atom stereocenters. The van der Waals surface area contributed by atoms with Gasteiger partial charge in [0.2, 0.25) is 0 Å². The summed E-state index contributed by atoms with van der Waals surface area (Å²) in [5, 5.41) is 9.15. The minimum atomic E-state index is -0.241. The third-order valence-electron chi connectivity index (χ3n) is 3.64. The molecule has 0 spiro atoms. The zero-order valence-electron chi connectivity index (χ0n) is 14.7. The van der Waals surface area contributed by atoms with E-state index in [0.717, 1.165) is 5.76 Å². The van der Waals surface area contributed by atoms with Crippen LogP contribution < -0.4 is 0 Å². The highest BCUT2D eigenvalue weighted by molar-refractivity contribution is 7.98. The molecule has 0 amide bonds. The lowest BCUT2D eigenvalue weighted by molar-refractivity contribution is 0.483. The first kappa shape index (κ1) is 18.8. The average Bonchev–Trinajstić information content (AvgIpc) is 3.32. The third-order valence-corrected chi connectivity index (χ3v) is 4.65. The molecule has 3 rings (SSSR count). The van der Waals surface area contributed by atoms with Crippen LogP contribution in [-0.4, -0.2) is 33.7 Å². The van der Waals surface area contributed by atoms with Crippen LogP contribution in [0.15, 0.2) is 75.0 Å². The van der Waals surface area contributed by atoms with Crippen LogP contribution >= 0.6 is 11.8 Å². The van der Waals surface area contributed by atoms with Crippen molar-refractivity contribution >= 4 is 23.7 Å². The first-order valence-electron chi connectivity index (χ1n) is 8.16. The average molecular weight is 383 g/mol. The maximum absolute atomic E-state index is 13.9. The number of thioether (sulfide) groups is 1. The molecule has 0 N–H and O–H groups in total. The monoisotopic (exact) mass is 383 g/mol. The van der Waals surface area contributed by atoms with Crippen LogP contribution in [0.4, 0.5) is 4.39 Å². The second kappa shape index (κ2) is 9.09. The van der Waals surface area contributed by atoms with Crippen molar-refractivity contribution in [2.24, 2.45) is 9.98 Å². The first-order valence-corrected chi connectivity index (χ1v) is 9.14. The summed E-state index contributed by atoms with van der Waals surface area (Å²) in [6.45, 7) is 4.05. The molecule has 138 valence electrons. The molecule has 0 saturated carbocycles. The molecule has 8 heteroatoms. The first-order chi connectivity index (χ1) is 13.2. The van der Waals surface area contributed by atoms with Crippen LogP contribution in [0, 0.1) is 5.82 Å². The lowest BCUT2D eigenvalue weighted by atomic mass is 10.2. The fourth-order valence-corrected chi connectivity index (χ4v) is 3.34. The Bertz CT molecular complexity index is 962. The number of nitrogens with zero attached hydrogens (tertiary/aromatic N) is 5. The number of hydrogen-bond donors (Lipinski definition) is 0. The maximum Gasteiger partial charge on any atom is 0.192 e. The highest BCUT2D eigenvalue weighted by Crippen LogP contribution is 2.24. The minimum absolute atomic E-state index is 0.241. The van der Waals surface area contributed by atoms with E-state index in [1.54, 1.807) is 31.7 Å². The number of halogens is 1. The Morgan fingerprint density at radius 2 is 2.15 bits per heavy atom. The van der Waals surface area contributed by atoms with Gasteiger partial charge in [0.1, 0.15) is 17.3 Å². The summed E-state index contributed by atoms with van der Waals surface area (Å²) >= 11 is 1.39. The lowest BCUT2D eigenvalue weighted by Crippen LogP contribution is -2.14. The van der Waals surface area contributed by atoms with Crippen molar-refractivity contribution in [3.05, 3.63) is 78.4 Å². The van der Waals surface area contributed by atoms with E-state index in [0.29, 0.717) is 34.6 Å². The van der Waals surface area contributed by atoms with E-state index < -0.39 is 0 Å². The molecule has 0 unspecified atom stereocenters. The molecule has 2 aromatic heterocycles. The topological polar surface area (TPSA) is 68.6 Å². The van der Waals surface area contributed by atoms with Crippen molar-refractivity contribution < 1.29 is 8.81 Å². The molecule has 27 heavy (non-hydrogen) atoms. The highest BCUT2D eigenvalue weighted by Gasteiger charge is 2.18. The zero-order chi connectivity index (χ0) is 19.1. The van der Waals surface area contributed by atoms with Gasteiger partial charge in [0.25, 0.3) is 0 Å². The van der Waals surface area contributed by atoms with Crippen LogP contribution in [0.5, 0.6) is 0 Å². The van der Waals surface area contributed by atoms with Gasteiger partial charge in [0, 0.05) is 19.0 Å². The van der Waals surface area contributed by atoms with Gasteiger partial charge in [-0.2, -0.15) is 0 Å². The molecular formula is C19H18FN5OS. The second-order valence-corrected chi connectivity index (χ2v) is 6.38. The Labute approximate surface area is 160 Å². The Kier molecular flexibility index (Phi) is 6.32. The number of aliphatic imine (C=N–C) groups is 2. The van der Waals surface area contributed by atoms with E-state index in [1.807, 2.05) is 22.8 Å². The van der Waals surface area contributed by atoms with Gasteiger partial charge in [0.15, 0.2) is 11.0 Å². The quantitative estimate of drug-likeness (QED) is 0.436. The standard InChI is InChI=1S/C19H18FN5OS/c1-3-22-17(11-21-2)18-23-24-19(25(18)12-15-8-6-10-26-15)27-13-14-7-4-5-9-16(14)20/h3-11H,1,12-13H2,2H3. The van der Waals surface area contributed by atoms with Gasteiger partial charge in [-0.1, -0.05) is 36.5 Å². The third kappa shape index (κ3) is 4.59. The SMILES string of the molecule is C=CN=C(C=NC)c1nnc(SCc2ccccc2F)n1Cc1ccco1. The fraction of sp³-hybridized carbons (Fsp3) is 0.158. The predicted octanol–water partition coefficient (Wildman–Crippen LogP) is 3.98. The molecule has 0 aliphatic rings. The molecule has 0 bridgehead atoms.